The normalized spacial score (nSPS) is 17.3. The van der Waals surface area contributed by atoms with E-state index in [1.165, 1.54) is 173 Å². The molecular weight excluding hydrogens is 575 g/mol. The molecule has 2 aromatic rings. The van der Waals surface area contributed by atoms with Crippen molar-refractivity contribution >= 4 is 20.9 Å². The highest BCUT2D eigenvalue weighted by atomic mass is 32.2. The topological polar surface area (TPSA) is 57.6 Å². The Balaban J connectivity index is 0.000000325. The molecule has 0 heterocycles. The van der Waals surface area contributed by atoms with Gasteiger partial charge in [0.1, 0.15) is 4.90 Å². The Kier molecular flexibility index (Phi) is 18.1. The van der Waals surface area contributed by atoms with E-state index in [4.69, 9.17) is 4.55 Å². The molecule has 0 bridgehead atoms. The minimum Gasteiger partial charge on any atom is -0.295 e. The number of rotatable bonds is 19. The first-order valence-corrected chi connectivity index (χ1v) is 20.6. The fourth-order valence-electron chi connectivity index (χ4n) is 8.16. The molecule has 256 valence electrons. The highest BCUT2D eigenvalue weighted by Crippen LogP contribution is 2.42. The molecule has 2 aromatic carbocycles. The second-order valence-electron chi connectivity index (χ2n) is 14.2. The summed E-state index contributed by atoms with van der Waals surface area (Å²) in [6, 6.07) is 12.7. The highest BCUT2D eigenvalue weighted by Gasteiger charge is 2.40. The summed E-state index contributed by atoms with van der Waals surface area (Å²) in [6.45, 7) is 6.07. The third-order valence-electron chi connectivity index (χ3n) is 10.7. The van der Waals surface area contributed by atoms with Gasteiger partial charge in [-0.2, -0.15) is 8.42 Å². The van der Waals surface area contributed by atoms with Crippen LogP contribution in [0.5, 0.6) is 0 Å². The molecule has 0 aromatic heterocycles. The predicted octanol–water partition coefficient (Wildman–Crippen LogP) is 12.3. The van der Waals surface area contributed by atoms with E-state index < -0.39 is 10.1 Å². The lowest BCUT2D eigenvalue weighted by Gasteiger charge is -2.51. The maximum Gasteiger partial charge on any atom is 0.295 e. The van der Waals surface area contributed by atoms with Gasteiger partial charge in [-0.05, 0) is 56.5 Å². The van der Waals surface area contributed by atoms with Gasteiger partial charge in [-0.1, -0.05) is 172 Å². The number of fused-ring (bicyclic) bond motifs is 1. The molecule has 2 saturated carbocycles. The number of nitrogens with zero attached hydrogens (tertiary/aromatic N) is 1. The van der Waals surface area contributed by atoms with Crippen molar-refractivity contribution in [3.63, 3.8) is 0 Å². The number of unbranched alkanes of at least 4 members (excludes halogenated alkanes) is 12. The van der Waals surface area contributed by atoms with E-state index in [9.17, 15) is 8.42 Å². The molecule has 4 rings (SSSR count). The molecule has 0 spiro atoms. The maximum absolute atomic E-state index is 11.0. The van der Waals surface area contributed by atoms with E-state index in [1.54, 1.807) is 30.3 Å². The van der Waals surface area contributed by atoms with Crippen LogP contribution in [0.4, 0.5) is 0 Å². The predicted molar refractivity (Wildman–Crippen MR) is 194 cm³/mol. The van der Waals surface area contributed by atoms with Crippen LogP contribution >= 0.6 is 0 Å². The summed E-state index contributed by atoms with van der Waals surface area (Å²) in [5.41, 5.74) is 0.575. The molecule has 1 N–H and O–H groups in total. The van der Waals surface area contributed by atoms with Crippen LogP contribution in [-0.2, 0) is 10.1 Å². The van der Waals surface area contributed by atoms with Crippen molar-refractivity contribution in [1.29, 1.82) is 0 Å². The van der Waals surface area contributed by atoms with Crippen molar-refractivity contribution in [3.05, 3.63) is 42.5 Å². The van der Waals surface area contributed by atoms with E-state index in [-0.39, 0.29) is 4.90 Å². The maximum atomic E-state index is 11.0. The van der Waals surface area contributed by atoms with Gasteiger partial charge in [-0.15, -0.1) is 0 Å². The zero-order valence-electron chi connectivity index (χ0n) is 29.1. The fraction of sp³-hybridized carbons (Fsp3) is 0.750. The summed E-state index contributed by atoms with van der Waals surface area (Å²) in [6.07, 6.45) is 36.9. The van der Waals surface area contributed by atoms with Crippen molar-refractivity contribution in [3.8, 4) is 0 Å². The smallest absolute Gasteiger partial charge is 0.295 e. The first-order chi connectivity index (χ1) is 21.9. The van der Waals surface area contributed by atoms with Gasteiger partial charge in [-0.3, -0.25) is 9.45 Å². The summed E-state index contributed by atoms with van der Waals surface area (Å²) in [7, 11) is -4.13. The van der Waals surface area contributed by atoms with Crippen LogP contribution in [-0.4, -0.2) is 36.0 Å². The molecule has 0 amide bonds. The van der Waals surface area contributed by atoms with Crippen LogP contribution in [0.15, 0.2) is 47.4 Å². The van der Waals surface area contributed by atoms with E-state index in [2.05, 4.69) is 18.7 Å². The first-order valence-electron chi connectivity index (χ1n) is 19.1. The van der Waals surface area contributed by atoms with E-state index >= 15 is 0 Å². The summed E-state index contributed by atoms with van der Waals surface area (Å²) in [5, 5.41) is 1.33. The van der Waals surface area contributed by atoms with Crippen LogP contribution in [0.2, 0.25) is 0 Å². The Hall–Kier alpha value is -1.43. The molecule has 5 heteroatoms. The number of hydrogen-bond donors (Lipinski definition) is 1. The van der Waals surface area contributed by atoms with Gasteiger partial charge in [0.15, 0.2) is 0 Å². The lowest BCUT2D eigenvalue weighted by Crippen LogP contribution is -2.55. The number of benzene rings is 2. The average molecular weight is 642 g/mol. The summed E-state index contributed by atoms with van der Waals surface area (Å²) in [4.78, 5) is 3.12. The van der Waals surface area contributed by atoms with Crippen molar-refractivity contribution in [1.82, 2.24) is 4.90 Å². The minimum absolute atomic E-state index is 0.0457. The molecule has 0 aliphatic heterocycles. The van der Waals surface area contributed by atoms with Gasteiger partial charge in [0, 0.05) is 17.0 Å². The Morgan fingerprint density at radius 3 is 1.82 bits per heavy atom. The Bertz CT molecular complexity index is 1150. The lowest BCUT2D eigenvalue weighted by molar-refractivity contribution is -0.0102. The molecular formula is C40H67NO3S. The second kappa shape index (κ2) is 21.4. The van der Waals surface area contributed by atoms with Crippen molar-refractivity contribution in [2.45, 2.75) is 191 Å². The molecule has 45 heavy (non-hydrogen) atoms. The monoisotopic (exact) mass is 641 g/mol. The van der Waals surface area contributed by atoms with Crippen LogP contribution in [0.25, 0.3) is 10.8 Å². The molecule has 4 nitrogen and oxygen atoms in total. The minimum atomic E-state index is -4.13. The SMILES string of the molecule is CCCCCCCCCN(C1CCCCC1)C1(CCCCCCCCC)CCCCC1.O=S(=O)(O)c1cccc2ccccc12. The zero-order chi connectivity index (χ0) is 32.2. The van der Waals surface area contributed by atoms with Gasteiger partial charge >= 0.3 is 0 Å². The largest absolute Gasteiger partial charge is 0.295 e. The van der Waals surface area contributed by atoms with Crippen LogP contribution in [0.3, 0.4) is 0 Å². The summed E-state index contributed by atoms with van der Waals surface area (Å²) < 4.78 is 31.0. The lowest BCUT2D eigenvalue weighted by atomic mass is 9.74. The van der Waals surface area contributed by atoms with Crippen LogP contribution in [0.1, 0.15) is 174 Å². The van der Waals surface area contributed by atoms with Gasteiger partial charge in [0.25, 0.3) is 10.1 Å². The summed E-state index contributed by atoms with van der Waals surface area (Å²) in [5.74, 6) is 0. The van der Waals surface area contributed by atoms with Crippen molar-refractivity contribution < 1.29 is 13.0 Å². The second-order valence-corrected chi connectivity index (χ2v) is 15.6. The Morgan fingerprint density at radius 2 is 1.20 bits per heavy atom. The van der Waals surface area contributed by atoms with Crippen molar-refractivity contribution in [2.24, 2.45) is 0 Å². The Morgan fingerprint density at radius 1 is 0.667 bits per heavy atom. The van der Waals surface area contributed by atoms with Crippen LogP contribution in [0, 0.1) is 0 Å². The third-order valence-corrected chi connectivity index (χ3v) is 11.6. The van der Waals surface area contributed by atoms with E-state index in [0.29, 0.717) is 10.9 Å². The summed E-state index contributed by atoms with van der Waals surface area (Å²) >= 11 is 0. The third kappa shape index (κ3) is 13.3. The number of hydrogen-bond acceptors (Lipinski definition) is 3. The zero-order valence-corrected chi connectivity index (χ0v) is 29.9. The average Bonchev–Trinajstić information content (AvgIpc) is 3.06. The molecule has 0 saturated heterocycles. The van der Waals surface area contributed by atoms with E-state index in [1.807, 2.05) is 6.07 Å². The van der Waals surface area contributed by atoms with Gasteiger partial charge in [-0.25, -0.2) is 0 Å². The Labute approximate surface area is 277 Å². The van der Waals surface area contributed by atoms with E-state index in [0.717, 1.165) is 11.4 Å². The first kappa shape index (κ1) is 38.0. The molecule has 2 aliphatic carbocycles. The van der Waals surface area contributed by atoms with Gasteiger partial charge in [0.2, 0.25) is 0 Å². The molecule has 2 aliphatic rings. The molecule has 0 unspecified atom stereocenters. The fourth-order valence-corrected chi connectivity index (χ4v) is 8.88. The molecule has 2 fully saturated rings. The van der Waals surface area contributed by atoms with Gasteiger partial charge < -0.3 is 0 Å². The standard InChI is InChI=1S/C30H59N.C10H8O3S/c1-3-5-7-9-11-13-19-25-30(26-20-16-21-27-30)31(29-23-17-15-18-24-29)28-22-14-12-10-8-6-4-2;11-14(12,13)10-7-3-5-8-4-1-2-6-9(8)10/h29H,3-28H2,1-2H3;1-7H,(H,11,12,13). The molecule has 0 atom stereocenters. The van der Waals surface area contributed by atoms with Gasteiger partial charge in [0.05, 0.1) is 0 Å². The quantitative estimate of drug-likeness (QED) is 0.122. The highest BCUT2D eigenvalue weighted by molar-refractivity contribution is 7.86. The van der Waals surface area contributed by atoms with Crippen molar-refractivity contribution in [2.75, 3.05) is 6.54 Å². The molecule has 0 radical (unpaired) electrons. The van der Waals surface area contributed by atoms with Crippen LogP contribution < -0.4 is 0 Å².